The fourth-order valence-electron chi connectivity index (χ4n) is 6.26. The largest absolute Gasteiger partial charge is 0.512 e. The van der Waals surface area contributed by atoms with Gasteiger partial charge in [0.15, 0.2) is 5.78 Å². The van der Waals surface area contributed by atoms with Gasteiger partial charge in [0.05, 0.1) is 11.3 Å². The maximum atomic E-state index is 11.7. The van der Waals surface area contributed by atoms with Gasteiger partial charge in [-0.1, -0.05) is 77.4 Å². The Balaban J connectivity index is 0.000000221. The van der Waals surface area contributed by atoms with Crippen LogP contribution in [0.2, 0.25) is 0 Å². The van der Waals surface area contributed by atoms with Crippen molar-refractivity contribution in [2.75, 3.05) is 0 Å². The zero-order valence-corrected chi connectivity index (χ0v) is 27.8. The summed E-state index contributed by atoms with van der Waals surface area (Å²) in [5.41, 5.74) is 7.89. The molecule has 4 nitrogen and oxygen atoms in total. The standard InChI is InChI=1S/C24H16NO.C13H24O2.Ir/c1-24(2)16-9-5-8-15-21(16)22-17(24)10-6-12-19(22)26-20-13-14-7-3-4-11-18(14)25-23(15)20;1-5-10(6-2)12(14)9-13(15)11(7-3)8-4;/h3-7,9-13H,1-2H3;9-11,14H,5-8H2,1-4H3;/q-1;;/b;12-9-;. The van der Waals surface area contributed by atoms with Gasteiger partial charge in [-0.15, -0.1) is 29.3 Å². The quantitative estimate of drug-likeness (QED) is 0.103. The number of ketones is 1. The molecule has 0 amide bonds. The number of pyridine rings is 1. The zero-order chi connectivity index (χ0) is 29.3. The van der Waals surface area contributed by atoms with Crippen LogP contribution in [0.25, 0.3) is 33.3 Å². The van der Waals surface area contributed by atoms with E-state index in [9.17, 15) is 9.90 Å². The molecule has 0 bridgehead atoms. The predicted molar refractivity (Wildman–Crippen MR) is 168 cm³/mol. The Morgan fingerprint density at radius 2 is 1.57 bits per heavy atom. The van der Waals surface area contributed by atoms with Crippen molar-refractivity contribution in [1.82, 2.24) is 4.98 Å². The van der Waals surface area contributed by atoms with Crippen LogP contribution in [0, 0.1) is 17.9 Å². The molecule has 1 aromatic heterocycles. The van der Waals surface area contributed by atoms with Crippen molar-refractivity contribution in [1.29, 1.82) is 0 Å². The molecule has 1 radical (unpaired) electrons. The topological polar surface area (TPSA) is 59.4 Å². The summed E-state index contributed by atoms with van der Waals surface area (Å²) >= 11 is 0. The number of benzene rings is 3. The molecule has 0 saturated carbocycles. The summed E-state index contributed by atoms with van der Waals surface area (Å²) in [6, 6.07) is 24.3. The molecule has 0 spiro atoms. The average molecular weight is 739 g/mol. The molecular formula is C37H40IrNO3-. The van der Waals surface area contributed by atoms with E-state index in [1.54, 1.807) is 0 Å². The van der Waals surface area contributed by atoms with E-state index in [4.69, 9.17) is 9.72 Å². The molecule has 2 aliphatic rings. The monoisotopic (exact) mass is 739 g/mol. The SMILES string of the molecule is CC1(C)c2cc[c-]c3c2-c2c(cccc21)Oc1cc2ccccc2nc1-3.CCC(CC)C(=O)/C=C(\O)C(CC)CC.[Ir]. The number of fused-ring (bicyclic) bond motifs is 3. The fourth-order valence-corrected chi connectivity index (χ4v) is 6.26. The smallest absolute Gasteiger partial charge is 0.162 e. The van der Waals surface area contributed by atoms with Crippen molar-refractivity contribution in [2.24, 2.45) is 11.8 Å². The van der Waals surface area contributed by atoms with E-state index in [1.165, 1.54) is 28.3 Å². The number of ether oxygens (including phenoxy) is 1. The van der Waals surface area contributed by atoms with Crippen LogP contribution in [0.4, 0.5) is 0 Å². The molecule has 221 valence electrons. The summed E-state index contributed by atoms with van der Waals surface area (Å²) in [5, 5.41) is 10.8. The number of carbonyl (C=O) groups excluding carboxylic acids is 1. The molecule has 3 aromatic carbocycles. The van der Waals surface area contributed by atoms with Gasteiger partial charge in [-0.3, -0.25) is 9.78 Å². The molecule has 0 saturated heterocycles. The minimum Gasteiger partial charge on any atom is -0.512 e. The Morgan fingerprint density at radius 1 is 0.905 bits per heavy atom. The normalized spacial score (nSPS) is 13.9. The van der Waals surface area contributed by atoms with Gasteiger partial charge in [0, 0.05) is 49.1 Å². The van der Waals surface area contributed by atoms with Crippen molar-refractivity contribution in [3.8, 4) is 33.9 Å². The molecule has 1 aliphatic heterocycles. The molecule has 4 aromatic rings. The molecule has 1 N–H and O–H groups in total. The number of allylic oxidation sites excluding steroid dienone is 2. The van der Waals surface area contributed by atoms with E-state index >= 15 is 0 Å². The molecule has 1 aliphatic carbocycles. The number of aliphatic hydroxyl groups excluding tert-OH is 1. The summed E-state index contributed by atoms with van der Waals surface area (Å²) in [5.74, 6) is 2.26. The van der Waals surface area contributed by atoms with Gasteiger partial charge in [0.1, 0.15) is 11.5 Å². The van der Waals surface area contributed by atoms with E-state index < -0.39 is 0 Å². The Morgan fingerprint density at radius 3 is 2.26 bits per heavy atom. The number of aliphatic hydroxyl groups is 1. The Kier molecular flexibility index (Phi) is 9.75. The first-order valence-corrected chi connectivity index (χ1v) is 15.0. The van der Waals surface area contributed by atoms with Gasteiger partial charge in [0.25, 0.3) is 0 Å². The first kappa shape index (κ1) is 31.7. The van der Waals surface area contributed by atoms with Gasteiger partial charge in [-0.25, -0.2) is 0 Å². The minimum absolute atomic E-state index is 0. The third-order valence-electron chi connectivity index (χ3n) is 8.85. The fraction of sp³-hybridized carbons (Fsp3) is 0.351. The van der Waals surface area contributed by atoms with Crippen LogP contribution < -0.4 is 4.74 Å². The first-order valence-electron chi connectivity index (χ1n) is 15.0. The first-order chi connectivity index (χ1) is 19.7. The third kappa shape index (κ3) is 5.57. The minimum atomic E-state index is -0.0533. The van der Waals surface area contributed by atoms with Gasteiger partial charge in [-0.05, 0) is 60.4 Å². The number of para-hydroxylation sites is 1. The summed E-state index contributed by atoms with van der Waals surface area (Å²) in [6.07, 6.45) is 4.91. The summed E-state index contributed by atoms with van der Waals surface area (Å²) in [6.45, 7) is 12.6. The van der Waals surface area contributed by atoms with Crippen LogP contribution in [0.5, 0.6) is 11.5 Å². The molecule has 42 heavy (non-hydrogen) atoms. The molecule has 6 rings (SSSR count). The average Bonchev–Trinajstić information content (AvgIpc) is 3.12. The van der Waals surface area contributed by atoms with Crippen LogP contribution in [0.15, 0.2) is 72.5 Å². The van der Waals surface area contributed by atoms with Gasteiger partial charge in [-0.2, -0.15) is 0 Å². The Hall–Kier alpha value is -3.27. The zero-order valence-electron chi connectivity index (χ0n) is 25.4. The number of hydrogen-bond acceptors (Lipinski definition) is 4. The second-order valence-corrected chi connectivity index (χ2v) is 11.6. The van der Waals surface area contributed by atoms with Crippen LogP contribution >= 0.6 is 0 Å². The van der Waals surface area contributed by atoms with Crippen molar-refractivity contribution in [2.45, 2.75) is 72.6 Å². The molecular weight excluding hydrogens is 699 g/mol. The number of hydrogen-bond donors (Lipinski definition) is 1. The van der Waals surface area contributed by atoms with Gasteiger partial charge >= 0.3 is 0 Å². The van der Waals surface area contributed by atoms with E-state index in [1.807, 2.05) is 52.0 Å². The summed E-state index contributed by atoms with van der Waals surface area (Å²) in [4.78, 5) is 16.7. The number of aromatic nitrogens is 1. The summed E-state index contributed by atoms with van der Waals surface area (Å²) < 4.78 is 6.42. The van der Waals surface area contributed by atoms with Crippen molar-refractivity contribution < 1.29 is 34.7 Å². The maximum Gasteiger partial charge on any atom is 0.162 e. The van der Waals surface area contributed by atoms with Gasteiger partial charge < -0.3 is 9.84 Å². The van der Waals surface area contributed by atoms with Crippen molar-refractivity contribution in [3.63, 3.8) is 0 Å². The van der Waals surface area contributed by atoms with E-state index in [0.29, 0.717) is 0 Å². The second kappa shape index (κ2) is 12.9. The number of rotatable bonds is 7. The third-order valence-corrected chi connectivity index (χ3v) is 8.85. The Labute approximate surface area is 263 Å². The predicted octanol–water partition coefficient (Wildman–Crippen LogP) is 9.98. The summed E-state index contributed by atoms with van der Waals surface area (Å²) in [7, 11) is 0. The molecule has 0 atom stereocenters. The molecule has 0 fully saturated rings. The van der Waals surface area contributed by atoms with Crippen molar-refractivity contribution in [3.05, 3.63) is 89.7 Å². The Bertz CT molecular complexity index is 1630. The van der Waals surface area contributed by atoms with E-state index in [2.05, 4.69) is 56.3 Å². The second-order valence-electron chi connectivity index (χ2n) is 11.6. The number of nitrogens with zero attached hydrogens (tertiary/aromatic N) is 1. The molecule has 0 unspecified atom stereocenters. The van der Waals surface area contributed by atoms with Crippen LogP contribution in [0.1, 0.15) is 78.4 Å². The maximum absolute atomic E-state index is 11.7. The number of carbonyl (C=O) groups is 1. The van der Waals surface area contributed by atoms with E-state index in [-0.39, 0.29) is 48.9 Å². The van der Waals surface area contributed by atoms with Crippen LogP contribution in [0.3, 0.4) is 0 Å². The van der Waals surface area contributed by atoms with Crippen LogP contribution in [-0.4, -0.2) is 15.9 Å². The van der Waals surface area contributed by atoms with Gasteiger partial charge in [0.2, 0.25) is 0 Å². The van der Waals surface area contributed by atoms with Crippen molar-refractivity contribution >= 4 is 16.7 Å². The molecule has 2 heterocycles. The van der Waals surface area contributed by atoms with Crippen LogP contribution in [-0.2, 0) is 30.3 Å². The van der Waals surface area contributed by atoms with E-state index in [0.717, 1.165) is 59.3 Å². The molecule has 5 heteroatoms.